The first-order valence-corrected chi connectivity index (χ1v) is 6.32. The predicted octanol–water partition coefficient (Wildman–Crippen LogP) is 1.28. The summed E-state index contributed by atoms with van der Waals surface area (Å²) in [5.41, 5.74) is 1.38. The van der Waals surface area contributed by atoms with Gasteiger partial charge in [0.1, 0.15) is 11.6 Å². The lowest BCUT2D eigenvalue weighted by molar-refractivity contribution is 0.477. The molecule has 1 aromatic carbocycles. The third kappa shape index (κ3) is 2.94. The number of aryl methyl sites for hydroxylation is 1. The minimum atomic E-state index is 0.146. The maximum Gasteiger partial charge on any atom is 0.193 e. The average molecular weight is 283 g/mol. The first kappa shape index (κ1) is 13.0. The molecule has 0 aliphatic carbocycles. The molecular formula is C13H13N7O. The van der Waals surface area contributed by atoms with E-state index in [1.165, 1.54) is 0 Å². The van der Waals surface area contributed by atoms with E-state index < -0.39 is 0 Å². The summed E-state index contributed by atoms with van der Waals surface area (Å²) in [4.78, 5) is 8.74. The molecule has 0 amide bonds. The zero-order valence-electron chi connectivity index (χ0n) is 11.3. The molecule has 0 radical (unpaired) electrons. The second-order valence-corrected chi connectivity index (χ2v) is 4.42. The normalized spacial score (nSPS) is 10.5. The number of tetrazole rings is 1. The van der Waals surface area contributed by atoms with Crippen LogP contribution < -0.4 is 5.32 Å². The Labute approximate surface area is 120 Å². The second-order valence-electron chi connectivity index (χ2n) is 4.42. The molecule has 8 nitrogen and oxygen atoms in total. The van der Waals surface area contributed by atoms with E-state index in [2.05, 4.69) is 35.9 Å². The standard InChI is InChI=1S/C13H13N7O/c1-8-6-11(14-7-12-17-19-20-18-12)16-13(15-8)9-4-2-3-5-10(9)21/h2-6,21H,7H2,1H3,(H,14,15,16)(H,17,18,19,20). The first-order valence-electron chi connectivity index (χ1n) is 6.32. The van der Waals surface area contributed by atoms with Gasteiger partial charge in [0.15, 0.2) is 11.6 Å². The van der Waals surface area contributed by atoms with E-state index in [9.17, 15) is 5.11 Å². The largest absolute Gasteiger partial charge is 0.507 e. The van der Waals surface area contributed by atoms with Gasteiger partial charge in [0.2, 0.25) is 0 Å². The summed E-state index contributed by atoms with van der Waals surface area (Å²) >= 11 is 0. The van der Waals surface area contributed by atoms with Crippen LogP contribution in [-0.4, -0.2) is 35.7 Å². The fourth-order valence-corrected chi connectivity index (χ4v) is 1.87. The molecule has 0 aliphatic heterocycles. The van der Waals surface area contributed by atoms with Crippen LogP contribution in [0.1, 0.15) is 11.5 Å². The Kier molecular flexibility index (Phi) is 3.42. The molecule has 3 N–H and O–H groups in total. The number of aromatic hydroxyl groups is 1. The van der Waals surface area contributed by atoms with Gasteiger partial charge in [-0.15, -0.1) is 10.2 Å². The molecule has 0 saturated heterocycles. The van der Waals surface area contributed by atoms with Crippen molar-refractivity contribution in [2.45, 2.75) is 13.5 Å². The molecule has 106 valence electrons. The number of anilines is 1. The monoisotopic (exact) mass is 283 g/mol. The second kappa shape index (κ2) is 5.53. The van der Waals surface area contributed by atoms with Gasteiger partial charge in [-0.25, -0.2) is 9.97 Å². The van der Waals surface area contributed by atoms with Gasteiger partial charge in [0.05, 0.1) is 12.1 Å². The van der Waals surface area contributed by atoms with E-state index in [0.717, 1.165) is 5.69 Å². The number of hydrogen-bond donors (Lipinski definition) is 3. The van der Waals surface area contributed by atoms with Crippen LogP contribution in [0.4, 0.5) is 5.82 Å². The van der Waals surface area contributed by atoms with Gasteiger partial charge in [-0.2, -0.15) is 5.21 Å². The highest BCUT2D eigenvalue weighted by atomic mass is 16.3. The number of H-pyrrole nitrogens is 1. The van der Waals surface area contributed by atoms with Crippen molar-refractivity contribution < 1.29 is 5.11 Å². The molecule has 3 rings (SSSR count). The number of rotatable bonds is 4. The molecule has 0 spiro atoms. The summed E-state index contributed by atoms with van der Waals surface area (Å²) in [7, 11) is 0. The maximum atomic E-state index is 9.89. The van der Waals surface area contributed by atoms with Crippen LogP contribution in [-0.2, 0) is 6.54 Å². The van der Waals surface area contributed by atoms with Gasteiger partial charge in [-0.3, -0.25) is 0 Å². The Morgan fingerprint density at radius 3 is 2.86 bits per heavy atom. The summed E-state index contributed by atoms with van der Waals surface area (Å²) < 4.78 is 0. The highest BCUT2D eigenvalue weighted by Gasteiger charge is 2.09. The summed E-state index contributed by atoms with van der Waals surface area (Å²) in [5, 5.41) is 26.6. The quantitative estimate of drug-likeness (QED) is 0.661. The van der Waals surface area contributed by atoms with Crippen molar-refractivity contribution in [3.63, 3.8) is 0 Å². The Morgan fingerprint density at radius 2 is 2.10 bits per heavy atom. The van der Waals surface area contributed by atoms with Crippen molar-refractivity contribution in [1.29, 1.82) is 0 Å². The molecule has 0 fully saturated rings. The summed E-state index contributed by atoms with van der Waals surface area (Å²) in [6, 6.07) is 8.77. The van der Waals surface area contributed by atoms with Gasteiger partial charge in [0, 0.05) is 11.8 Å². The molecule has 3 aromatic rings. The molecule has 2 aromatic heterocycles. The van der Waals surface area contributed by atoms with E-state index in [4.69, 9.17) is 0 Å². The summed E-state index contributed by atoms with van der Waals surface area (Å²) in [6.07, 6.45) is 0. The Hall–Kier alpha value is -3.03. The SMILES string of the molecule is Cc1cc(NCc2nn[nH]n2)nc(-c2ccccc2O)n1. The topological polar surface area (TPSA) is 113 Å². The minimum absolute atomic E-state index is 0.146. The van der Waals surface area contributed by atoms with E-state index in [-0.39, 0.29) is 5.75 Å². The van der Waals surface area contributed by atoms with Crippen LogP contribution in [0.3, 0.4) is 0 Å². The van der Waals surface area contributed by atoms with Crippen LogP contribution in [0, 0.1) is 6.92 Å². The summed E-state index contributed by atoms with van der Waals surface area (Å²) in [5.74, 6) is 1.77. The minimum Gasteiger partial charge on any atom is -0.507 e. The lowest BCUT2D eigenvalue weighted by Crippen LogP contribution is -2.05. The third-order valence-electron chi connectivity index (χ3n) is 2.82. The van der Waals surface area contributed by atoms with Crippen LogP contribution in [0.25, 0.3) is 11.4 Å². The fourth-order valence-electron chi connectivity index (χ4n) is 1.87. The maximum absolute atomic E-state index is 9.89. The number of nitrogens with one attached hydrogen (secondary N) is 2. The number of aromatic nitrogens is 6. The lowest BCUT2D eigenvalue weighted by Gasteiger charge is -2.08. The molecule has 0 saturated carbocycles. The molecule has 0 aliphatic rings. The first-order chi connectivity index (χ1) is 10.2. The highest BCUT2D eigenvalue weighted by Crippen LogP contribution is 2.26. The van der Waals surface area contributed by atoms with Gasteiger partial charge >= 0.3 is 0 Å². The Bertz CT molecular complexity index is 742. The van der Waals surface area contributed by atoms with Crippen molar-refractivity contribution in [3.8, 4) is 17.1 Å². The molecule has 2 heterocycles. The number of aromatic amines is 1. The van der Waals surface area contributed by atoms with Crippen LogP contribution in [0.5, 0.6) is 5.75 Å². The van der Waals surface area contributed by atoms with Gasteiger partial charge in [-0.1, -0.05) is 17.3 Å². The van der Waals surface area contributed by atoms with Crippen molar-refractivity contribution in [2.75, 3.05) is 5.32 Å². The van der Waals surface area contributed by atoms with Crippen LogP contribution >= 0.6 is 0 Å². The van der Waals surface area contributed by atoms with Crippen molar-refractivity contribution in [1.82, 2.24) is 30.6 Å². The van der Waals surface area contributed by atoms with Crippen molar-refractivity contribution in [3.05, 3.63) is 41.9 Å². The van der Waals surface area contributed by atoms with E-state index in [1.54, 1.807) is 18.2 Å². The number of benzene rings is 1. The summed E-state index contributed by atoms with van der Waals surface area (Å²) in [6.45, 7) is 2.26. The van der Waals surface area contributed by atoms with Gasteiger partial charge < -0.3 is 10.4 Å². The van der Waals surface area contributed by atoms with Crippen molar-refractivity contribution >= 4 is 5.82 Å². The highest BCUT2D eigenvalue weighted by molar-refractivity contribution is 5.64. The number of para-hydroxylation sites is 1. The number of phenols is 1. The Morgan fingerprint density at radius 1 is 1.24 bits per heavy atom. The zero-order chi connectivity index (χ0) is 14.7. The molecule has 21 heavy (non-hydrogen) atoms. The number of nitrogens with zero attached hydrogens (tertiary/aromatic N) is 5. The predicted molar refractivity (Wildman–Crippen MR) is 75.4 cm³/mol. The van der Waals surface area contributed by atoms with Crippen molar-refractivity contribution in [2.24, 2.45) is 0 Å². The average Bonchev–Trinajstić information content (AvgIpc) is 2.98. The van der Waals surface area contributed by atoms with E-state index >= 15 is 0 Å². The van der Waals surface area contributed by atoms with Crippen LogP contribution in [0.15, 0.2) is 30.3 Å². The third-order valence-corrected chi connectivity index (χ3v) is 2.82. The molecule has 8 heteroatoms. The molecule has 0 atom stereocenters. The fraction of sp³-hybridized carbons (Fsp3) is 0.154. The molecule has 0 unspecified atom stereocenters. The smallest absolute Gasteiger partial charge is 0.193 e. The van der Waals surface area contributed by atoms with E-state index in [1.807, 2.05) is 19.1 Å². The van der Waals surface area contributed by atoms with Gasteiger partial charge in [-0.05, 0) is 19.1 Å². The molecular weight excluding hydrogens is 270 g/mol. The van der Waals surface area contributed by atoms with Crippen LogP contribution in [0.2, 0.25) is 0 Å². The lowest BCUT2D eigenvalue weighted by atomic mass is 10.2. The van der Waals surface area contributed by atoms with E-state index in [0.29, 0.717) is 29.6 Å². The zero-order valence-corrected chi connectivity index (χ0v) is 11.3. The molecule has 0 bridgehead atoms. The number of phenolic OH excluding ortho intramolecular Hbond substituents is 1. The van der Waals surface area contributed by atoms with Gasteiger partial charge in [0.25, 0.3) is 0 Å². The Balaban J connectivity index is 1.88. The number of hydrogen-bond acceptors (Lipinski definition) is 7.